The highest BCUT2D eigenvalue weighted by Gasteiger charge is 2.11. The van der Waals surface area contributed by atoms with E-state index in [1.807, 2.05) is 52.7 Å². The molecule has 0 saturated carbocycles. The minimum absolute atomic E-state index is 0.655. The summed E-state index contributed by atoms with van der Waals surface area (Å²) < 4.78 is 3.68. The summed E-state index contributed by atoms with van der Waals surface area (Å²) in [5.74, 6) is 0. The number of nitrogens with zero attached hydrogens (tertiary/aromatic N) is 3. The highest BCUT2D eigenvalue weighted by Crippen LogP contribution is 2.20. The Balaban J connectivity index is 2.28. The molecule has 0 fully saturated rings. The standard InChI is InChI=1S/C13H11N3O/c1-15-11(9-17)7-12-13(15)8-14-16(12)10-5-3-2-4-6-10/h2-9H,1H3. The van der Waals surface area contributed by atoms with Crippen LogP contribution in [0.2, 0.25) is 0 Å². The second-order valence-electron chi connectivity index (χ2n) is 3.91. The summed E-state index contributed by atoms with van der Waals surface area (Å²) in [5.41, 5.74) is 3.55. The van der Waals surface area contributed by atoms with E-state index < -0.39 is 0 Å². The number of carbonyl (C=O) groups excluding carboxylic acids is 1. The van der Waals surface area contributed by atoms with Crippen molar-refractivity contribution < 1.29 is 4.79 Å². The molecular formula is C13H11N3O. The van der Waals surface area contributed by atoms with Gasteiger partial charge in [0.05, 0.1) is 28.6 Å². The van der Waals surface area contributed by atoms with Crippen LogP contribution in [0.15, 0.2) is 42.6 Å². The molecule has 1 aromatic carbocycles. The van der Waals surface area contributed by atoms with Crippen LogP contribution >= 0.6 is 0 Å². The molecular weight excluding hydrogens is 214 g/mol. The Hall–Kier alpha value is -2.36. The van der Waals surface area contributed by atoms with Crippen molar-refractivity contribution in [3.8, 4) is 5.69 Å². The van der Waals surface area contributed by atoms with Gasteiger partial charge in [-0.2, -0.15) is 5.10 Å². The third kappa shape index (κ3) is 1.38. The lowest BCUT2D eigenvalue weighted by Gasteiger charge is -2.00. The topological polar surface area (TPSA) is 39.8 Å². The maximum atomic E-state index is 10.9. The lowest BCUT2D eigenvalue weighted by Crippen LogP contribution is -1.94. The monoisotopic (exact) mass is 225 g/mol. The Bertz CT molecular complexity index is 679. The number of fused-ring (bicyclic) bond motifs is 1. The van der Waals surface area contributed by atoms with Crippen LogP contribution in [0.3, 0.4) is 0 Å². The number of hydrogen-bond donors (Lipinski definition) is 0. The van der Waals surface area contributed by atoms with Gasteiger partial charge in [-0.25, -0.2) is 4.68 Å². The van der Waals surface area contributed by atoms with Gasteiger partial charge in [0, 0.05) is 7.05 Å². The largest absolute Gasteiger partial charge is 0.339 e. The summed E-state index contributed by atoms with van der Waals surface area (Å²) in [6, 6.07) is 11.7. The zero-order valence-corrected chi connectivity index (χ0v) is 9.37. The van der Waals surface area contributed by atoms with Gasteiger partial charge in [-0.3, -0.25) is 4.79 Å². The lowest BCUT2D eigenvalue weighted by molar-refractivity contribution is 0.111. The zero-order chi connectivity index (χ0) is 11.8. The van der Waals surface area contributed by atoms with E-state index in [1.54, 1.807) is 6.20 Å². The van der Waals surface area contributed by atoms with Crippen LogP contribution in [0.5, 0.6) is 0 Å². The molecule has 0 atom stereocenters. The highest BCUT2D eigenvalue weighted by atomic mass is 16.1. The molecule has 0 amide bonds. The van der Waals surface area contributed by atoms with Crippen molar-refractivity contribution >= 4 is 17.3 Å². The molecule has 0 N–H and O–H groups in total. The van der Waals surface area contributed by atoms with E-state index >= 15 is 0 Å². The molecule has 0 aliphatic heterocycles. The van der Waals surface area contributed by atoms with Crippen LogP contribution in [0.1, 0.15) is 10.5 Å². The first-order valence-corrected chi connectivity index (χ1v) is 5.35. The van der Waals surface area contributed by atoms with E-state index in [4.69, 9.17) is 0 Å². The average molecular weight is 225 g/mol. The summed E-state index contributed by atoms with van der Waals surface area (Å²) in [7, 11) is 1.86. The summed E-state index contributed by atoms with van der Waals surface area (Å²) in [6.07, 6.45) is 2.63. The Morgan fingerprint density at radius 3 is 2.65 bits per heavy atom. The molecule has 0 bridgehead atoms. The molecule has 4 heteroatoms. The van der Waals surface area contributed by atoms with Gasteiger partial charge in [-0.05, 0) is 18.2 Å². The van der Waals surface area contributed by atoms with E-state index in [0.29, 0.717) is 5.69 Å². The number of benzene rings is 1. The van der Waals surface area contributed by atoms with Crippen molar-refractivity contribution in [2.45, 2.75) is 0 Å². The Morgan fingerprint density at radius 2 is 1.94 bits per heavy atom. The maximum Gasteiger partial charge on any atom is 0.166 e. The molecule has 2 heterocycles. The number of hydrogen-bond acceptors (Lipinski definition) is 2. The quantitative estimate of drug-likeness (QED) is 0.627. The molecule has 3 aromatic rings. The van der Waals surface area contributed by atoms with Crippen LogP contribution < -0.4 is 0 Å². The fraction of sp³-hybridized carbons (Fsp3) is 0.0769. The van der Waals surface area contributed by atoms with Crippen molar-refractivity contribution in [2.75, 3.05) is 0 Å². The molecule has 0 aliphatic carbocycles. The van der Waals surface area contributed by atoms with Crippen molar-refractivity contribution in [2.24, 2.45) is 7.05 Å². The van der Waals surface area contributed by atoms with Crippen molar-refractivity contribution in [1.82, 2.24) is 14.3 Å². The predicted molar refractivity (Wildman–Crippen MR) is 65.4 cm³/mol. The number of carbonyl (C=O) groups is 1. The normalized spacial score (nSPS) is 10.9. The molecule has 0 radical (unpaired) electrons. The number of aldehydes is 1. The summed E-state index contributed by atoms with van der Waals surface area (Å²) >= 11 is 0. The van der Waals surface area contributed by atoms with Gasteiger partial charge in [0.25, 0.3) is 0 Å². The molecule has 3 rings (SSSR count). The molecule has 2 aromatic heterocycles. The predicted octanol–water partition coefficient (Wildman–Crippen LogP) is 2.18. The van der Waals surface area contributed by atoms with Crippen molar-refractivity contribution in [3.05, 3.63) is 48.3 Å². The van der Waals surface area contributed by atoms with Crippen LogP contribution in [0.25, 0.3) is 16.7 Å². The zero-order valence-electron chi connectivity index (χ0n) is 9.37. The summed E-state index contributed by atoms with van der Waals surface area (Å²) in [4.78, 5) is 10.9. The SMILES string of the molecule is Cn1c(C=O)cc2c1cnn2-c1ccccc1. The lowest BCUT2D eigenvalue weighted by atomic mass is 10.3. The molecule has 0 saturated heterocycles. The average Bonchev–Trinajstić information content (AvgIpc) is 2.91. The Morgan fingerprint density at radius 1 is 1.18 bits per heavy atom. The maximum absolute atomic E-state index is 10.9. The minimum atomic E-state index is 0.655. The second-order valence-corrected chi connectivity index (χ2v) is 3.91. The smallest absolute Gasteiger partial charge is 0.166 e. The van der Waals surface area contributed by atoms with Gasteiger partial charge in [0.15, 0.2) is 6.29 Å². The van der Waals surface area contributed by atoms with E-state index in [2.05, 4.69) is 5.10 Å². The number of aromatic nitrogens is 3. The third-order valence-corrected chi connectivity index (χ3v) is 2.94. The molecule has 0 aliphatic rings. The molecule has 4 nitrogen and oxygen atoms in total. The minimum Gasteiger partial charge on any atom is -0.339 e. The Kier molecular flexibility index (Phi) is 2.08. The number of rotatable bonds is 2. The van der Waals surface area contributed by atoms with E-state index in [9.17, 15) is 4.79 Å². The van der Waals surface area contributed by atoms with Gasteiger partial charge in [0.1, 0.15) is 0 Å². The first kappa shape index (κ1) is 9.84. The van der Waals surface area contributed by atoms with Crippen LogP contribution in [-0.4, -0.2) is 20.6 Å². The molecule has 0 unspecified atom stereocenters. The van der Waals surface area contributed by atoms with Gasteiger partial charge < -0.3 is 4.57 Å². The van der Waals surface area contributed by atoms with Crippen LogP contribution in [0.4, 0.5) is 0 Å². The highest BCUT2D eigenvalue weighted by molar-refractivity contribution is 5.87. The van der Waals surface area contributed by atoms with Gasteiger partial charge >= 0.3 is 0 Å². The van der Waals surface area contributed by atoms with Gasteiger partial charge in [-0.1, -0.05) is 18.2 Å². The second kappa shape index (κ2) is 3.59. The summed E-state index contributed by atoms with van der Waals surface area (Å²) in [5, 5.41) is 4.34. The number of aryl methyl sites for hydroxylation is 1. The van der Waals surface area contributed by atoms with Crippen molar-refractivity contribution in [3.63, 3.8) is 0 Å². The summed E-state index contributed by atoms with van der Waals surface area (Å²) in [6.45, 7) is 0. The van der Waals surface area contributed by atoms with Crippen LogP contribution in [0, 0.1) is 0 Å². The van der Waals surface area contributed by atoms with E-state index in [-0.39, 0.29) is 0 Å². The number of para-hydroxylation sites is 1. The fourth-order valence-corrected chi connectivity index (χ4v) is 2.01. The molecule has 17 heavy (non-hydrogen) atoms. The fourth-order valence-electron chi connectivity index (χ4n) is 2.01. The van der Waals surface area contributed by atoms with Crippen LogP contribution in [-0.2, 0) is 7.05 Å². The molecule has 84 valence electrons. The van der Waals surface area contributed by atoms with E-state index in [1.165, 1.54) is 0 Å². The Labute approximate surface area is 98.1 Å². The first-order chi connectivity index (χ1) is 8.31. The van der Waals surface area contributed by atoms with Gasteiger partial charge in [0.2, 0.25) is 0 Å². The van der Waals surface area contributed by atoms with Crippen molar-refractivity contribution in [1.29, 1.82) is 0 Å². The third-order valence-electron chi connectivity index (χ3n) is 2.94. The first-order valence-electron chi connectivity index (χ1n) is 5.35. The van der Waals surface area contributed by atoms with Gasteiger partial charge in [-0.15, -0.1) is 0 Å². The molecule has 0 spiro atoms. The van der Waals surface area contributed by atoms with E-state index in [0.717, 1.165) is 23.0 Å².